The minimum atomic E-state index is -0.0240. The van der Waals surface area contributed by atoms with Gasteiger partial charge in [0.15, 0.2) is 0 Å². The standard InChI is InChI=1S/C18H23N5O2/c24-18(16-3-1-2-4-19-16)23-13-15(11-21-7-9-25-10-8-21)12-22-6-5-20-17(22)14-23/h1-6,15H,7-14H2/t15-/m0/s1. The zero-order valence-electron chi connectivity index (χ0n) is 14.3. The first-order valence-corrected chi connectivity index (χ1v) is 8.80. The van der Waals surface area contributed by atoms with Gasteiger partial charge in [-0.1, -0.05) is 6.07 Å². The molecule has 0 N–H and O–H groups in total. The molecule has 7 heteroatoms. The van der Waals surface area contributed by atoms with Crippen molar-refractivity contribution in [1.82, 2.24) is 24.3 Å². The summed E-state index contributed by atoms with van der Waals surface area (Å²) < 4.78 is 7.62. The summed E-state index contributed by atoms with van der Waals surface area (Å²) in [5.41, 5.74) is 0.493. The summed E-state index contributed by atoms with van der Waals surface area (Å²) in [6, 6.07) is 5.45. The van der Waals surface area contributed by atoms with Crippen LogP contribution in [-0.2, 0) is 17.8 Å². The number of hydrogen-bond donors (Lipinski definition) is 0. The second-order valence-corrected chi connectivity index (χ2v) is 6.68. The van der Waals surface area contributed by atoms with E-state index in [0.29, 0.717) is 18.2 Å². The van der Waals surface area contributed by atoms with Crippen LogP contribution in [0.1, 0.15) is 16.3 Å². The van der Waals surface area contributed by atoms with Gasteiger partial charge in [-0.15, -0.1) is 0 Å². The van der Waals surface area contributed by atoms with Crippen LogP contribution in [0.4, 0.5) is 0 Å². The van der Waals surface area contributed by atoms with Crippen LogP contribution in [0, 0.1) is 5.92 Å². The number of fused-ring (bicyclic) bond motifs is 1. The number of nitrogens with zero attached hydrogens (tertiary/aromatic N) is 5. The molecule has 0 aliphatic carbocycles. The molecule has 25 heavy (non-hydrogen) atoms. The third kappa shape index (κ3) is 3.72. The van der Waals surface area contributed by atoms with Gasteiger partial charge in [0.05, 0.1) is 19.8 Å². The molecule has 1 amide bonds. The van der Waals surface area contributed by atoms with Gasteiger partial charge in [0.25, 0.3) is 5.91 Å². The Balaban J connectivity index is 1.53. The normalized spacial score (nSPS) is 21.6. The summed E-state index contributed by atoms with van der Waals surface area (Å²) in [7, 11) is 0. The van der Waals surface area contributed by atoms with Gasteiger partial charge in [-0.25, -0.2) is 4.98 Å². The largest absolute Gasteiger partial charge is 0.379 e. The van der Waals surface area contributed by atoms with Crippen molar-refractivity contribution in [2.24, 2.45) is 5.92 Å². The van der Waals surface area contributed by atoms with E-state index in [0.717, 1.165) is 51.8 Å². The topological polar surface area (TPSA) is 63.5 Å². The molecule has 2 aromatic heterocycles. The maximum Gasteiger partial charge on any atom is 0.272 e. The van der Waals surface area contributed by atoms with Crippen molar-refractivity contribution in [3.05, 3.63) is 48.3 Å². The number of amides is 1. The van der Waals surface area contributed by atoms with Crippen LogP contribution in [0.5, 0.6) is 0 Å². The molecule has 4 rings (SSSR count). The highest BCUT2D eigenvalue weighted by atomic mass is 16.5. The predicted molar refractivity (Wildman–Crippen MR) is 92.0 cm³/mol. The first-order valence-electron chi connectivity index (χ1n) is 8.80. The zero-order chi connectivity index (χ0) is 17.1. The molecular formula is C18H23N5O2. The van der Waals surface area contributed by atoms with Crippen LogP contribution in [0.3, 0.4) is 0 Å². The van der Waals surface area contributed by atoms with Crippen LogP contribution >= 0.6 is 0 Å². The monoisotopic (exact) mass is 341 g/mol. The van der Waals surface area contributed by atoms with Gasteiger partial charge in [0.2, 0.25) is 0 Å². The molecule has 132 valence electrons. The molecule has 2 aromatic rings. The molecule has 2 aliphatic heterocycles. The highest BCUT2D eigenvalue weighted by Crippen LogP contribution is 2.18. The fraction of sp³-hybridized carbons (Fsp3) is 0.500. The van der Waals surface area contributed by atoms with Crippen molar-refractivity contribution in [2.45, 2.75) is 13.1 Å². The van der Waals surface area contributed by atoms with Crippen molar-refractivity contribution >= 4 is 5.91 Å². The van der Waals surface area contributed by atoms with Crippen molar-refractivity contribution in [1.29, 1.82) is 0 Å². The number of carbonyl (C=O) groups excluding carboxylic acids is 1. The minimum absolute atomic E-state index is 0.0240. The number of carbonyl (C=O) groups is 1. The predicted octanol–water partition coefficient (Wildman–Crippen LogP) is 0.882. The summed E-state index contributed by atoms with van der Waals surface area (Å²) in [5.74, 6) is 1.28. The lowest BCUT2D eigenvalue weighted by atomic mass is 10.1. The molecule has 7 nitrogen and oxygen atoms in total. The number of imidazole rings is 1. The first kappa shape index (κ1) is 16.2. The number of hydrogen-bond acceptors (Lipinski definition) is 5. The fourth-order valence-electron chi connectivity index (χ4n) is 3.61. The Hall–Kier alpha value is -2.25. The number of ether oxygens (including phenoxy) is 1. The molecule has 1 saturated heterocycles. The van der Waals surface area contributed by atoms with Crippen molar-refractivity contribution < 1.29 is 9.53 Å². The summed E-state index contributed by atoms with van der Waals surface area (Å²) in [5, 5.41) is 0. The lowest BCUT2D eigenvalue weighted by Gasteiger charge is -2.31. The second kappa shape index (κ2) is 7.33. The van der Waals surface area contributed by atoms with Crippen LogP contribution in [-0.4, -0.2) is 69.6 Å². The molecular weight excluding hydrogens is 318 g/mol. The van der Waals surface area contributed by atoms with Gasteiger partial charge < -0.3 is 14.2 Å². The van der Waals surface area contributed by atoms with Gasteiger partial charge in [0, 0.05) is 57.2 Å². The van der Waals surface area contributed by atoms with E-state index in [1.807, 2.05) is 29.4 Å². The molecule has 0 spiro atoms. The summed E-state index contributed by atoms with van der Waals surface area (Å²) in [4.78, 5) is 25.9. The van der Waals surface area contributed by atoms with E-state index in [-0.39, 0.29) is 5.91 Å². The van der Waals surface area contributed by atoms with Crippen molar-refractivity contribution in [2.75, 3.05) is 39.4 Å². The highest BCUT2D eigenvalue weighted by Gasteiger charge is 2.28. The van der Waals surface area contributed by atoms with E-state index in [1.165, 1.54) is 0 Å². The minimum Gasteiger partial charge on any atom is -0.379 e. The molecule has 0 unspecified atom stereocenters. The summed E-state index contributed by atoms with van der Waals surface area (Å²) in [6.07, 6.45) is 5.49. The number of morpholine rings is 1. The molecule has 0 saturated carbocycles. The maximum absolute atomic E-state index is 12.9. The van der Waals surface area contributed by atoms with Crippen LogP contribution in [0.25, 0.3) is 0 Å². The maximum atomic E-state index is 12.9. The average Bonchev–Trinajstić information content (AvgIpc) is 3.01. The van der Waals surface area contributed by atoms with Crippen molar-refractivity contribution in [3.63, 3.8) is 0 Å². The van der Waals surface area contributed by atoms with Crippen LogP contribution in [0.15, 0.2) is 36.8 Å². The number of rotatable bonds is 3. The van der Waals surface area contributed by atoms with Crippen molar-refractivity contribution in [3.8, 4) is 0 Å². The molecule has 4 heterocycles. The third-order valence-electron chi connectivity index (χ3n) is 4.86. The Morgan fingerprint density at radius 2 is 2.04 bits per heavy atom. The average molecular weight is 341 g/mol. The first-order chi connectivity index (χ1) is 12.3. The molecule has 1 fully saturated rings. The van der Waals surface area contributed by atoms with Gasteiger partial charge >= 0.3 is 0 Å². The number of pyridine rings is 1. The Morgan fingerprint density at radius 3 is 2.84 bits per heavy atom. The Kier molecular flexibility index (Phi) is 4.76. The summed E-state index contributed by atoms with van der Waals surface area (Å²) in [6.45, 7) is 6.60. The van der Waals surface area contributed by atoms with Gasteiger partial charge in [-0.05, 0) is 12.1 Å². The third-order valence-corrected chi connectivity index (χ3v) is 4.86. The summed E-state index contributed by atoms with van der Waals surface area (Å²) >= 11 is 0. The Bertz CT molecular complexity index is 711. The lowest BCUT2D eigenvalue weighted by Crippen LogP contribution is -2.43. The molecule has 0 radical (unpaired) electrons. The van der Waals surface area contributed by atoms with Gasteiger partial charge in [0.1, 0.15) is 11.5 Å². The van der Waals surface area contributed by atoms with Crippen LogP contribution < -0.4 is 0 Å². The van der Waals surface area contributed by atoms with Gasteiger partial charge in [-0.2, -0.15) is 0 Å². The second-order valence-electron chi connectivity index (χ2n) is 6.68. The zero-order valence-corrected chi connectivity index (χ0v) is 14.3. The van der Waals surface area contributed by atoms with E-state index in [1.54, 1.807) is 12.3 Å². The lowest BCUT2D eigenvalue weighted by molar-refractivity contribution is 0.0263. The van der Waals surface area contributed by atoms with Crippen LogP contribution in [0.2, 0.25) is 0 Å². The fourth-order valence-corrected chi connectivity index (χ4v) is 3.61. The Morgan fingerprint density at radius 1 is 1.16 bits per heavy atom. The van der Waals surface area contributed by atoms with E-state index in [9.17, 15) is 4.79 Å². The molecule has 0 bridgehead atoms. The quantitative estimate of drug-likeness (QED) is 0.829. The van der Waals surface area contributed by atoms with E-state index < -0.39 is 0 Å². The van der Waals surface area contributed by atoms with E-state index in [2.05, 4.69) is 19.4 Å². The van der Waals surface area contributed by atoms with E-state index >= 15 is 0 Å². The SMILES string of the molecule is O=C(c1ccccn1)N1Cc2nccn2C[C@H](CN2CCOCC2)C1. The molecule has 0 aromatic carbocycles. The highest BCUT2D eigenvalue weighted by molar-refractivity contribution is 5.92. The number of aromatic nitrogens is 3. The molecule has 1 atom stereocenters. The van der Waals surface area contributed by atoms with Gasteiger partial charge in [-0.3, -0.25) is 14.7 Å². The van der Waals surface area contributed by atoms with E-state index in [4.69, 9.17) is 4.74 Å². The smallest absolute Gasteiger partial charge is 0.272 e. The molecule has 2 aliphatic rings. The Labute approximate surface area is 147 Å².